The van der Waals surface area contributed by atoms with Crippen molar-refractivity contribution in [1.29, 1.82) is 0 Å². The van der Waals surface area contributed by atoms with Crippen molar-refractivity contribution in [3.05, 3.63) is 98.5 Å². The smallest absolute Gasteiger partial charge is 0.312 e. The van der Waals surface area contributed by atoms with Crippen LogP contribution in [0.4, 0.5) is 11.4 Å². The molecule has 0 unspecified atom stereocenters. The third-order valence-electron chi connectivity index (χ3n) is 4.07. The Kier molecular flexibility index (Phi) is 5.50. The van der Waals surface area contributed by atoms with Crippen LogP contribution in [-0.4, -0.2) is 22.5 Å². The predicted octanol–water partition coefficient (Wildman–Crippen LogP) is 3.07. The van der Waals surface area contributed by atoms with E-state index in [1.54, 1.807) is 0 Å². The number of carbonyl (C=O) groups is 1. The SMILES string of the molecule is COc1ccc(NC(=O)c2ccc(=O)n(Cc3ccccc3)c2)cc1[N+](=O)[O-]. The Morgan fingerprint density at radius 3 is 2.57 bits per heavy atom. The van der Waals surface area contributed by atoms with Gasteiger partial charge in [-0.05, 0) is 23.8 Å². The van der Waals surface area contributed by atoms with E-state index in [-0.39, 0.29) is 28.2 Å². The lowest BCUT2D eigenvalue weighted by atomic mass is 10.2. The monoisotopic (exact) mass is 379 g/mol. The molecule has 1 amide bonds. The van der Waals surface area contributed by atoms with Gasteiger partial charge in [0, 0.05) is 24.0 Å². The highest BCUT2D eigenvalue weighted by molar-refractivity contribution is 6.04. The number of carbonyl (C=O) groups excluding carboxylic acids is 1. The van der Waals surface area contributed by atoms with E-state index < -0.39 is 10.8 Å². The summed E-state index contributed by atoms with van der Waals surface area (Å²) in [6.07, 6.45) is 1.46. The van der Waals surface area contributed by atoms with Crippen molar-refractivity contribution >= 4 is 17.3 Å². The van der Waals surface area contributed by atoms with Gasteiger partial charge < -0.3 is 14.6 Å². The van der Waals surface area contributed by atoms with Crippen molar-refractivity contribution < 1.29 is 14.5 Å². The van der Waals surface area contributed by atoms with Crippen LogP contribution in [0.3, 0.4) is 0 Å². The average Bonchev–Trinajstić information content (AvgIpc) is 2.70. The molecule has 1 heterocycles. The molecule has 0 atom stereocenters. The summed E-state index contributed by atoms with van der Waals surface area (Å²) in [5.41, 5.74) is 0.940. The van der Waals surface area contributed by atoms with E-state index in [9.17, 15) is 19.7 Å². The van der Waals surface area contributed by atoms with Crippen molar-refractivity contribution in [2.75, 3.05) is 12.4 Å². The van der Waals surface area contributed by atoms with Crippen LogP contribution in [-0.2, 0) is 6.54 Å². The summed E-state index contributed by atoms with van der Waals surface area (Å²) in [6.45, 7) is 0.328. The van der Waals surface area contributed by atoms with E-state index in [0.717, 1.165) is 5.56 Å². The number of nitrogens with zero attached hydrogens (tertiary/aromatic N) is 2. The van der Waals surface area contributed by atoms with Gasteiger partial charge in [-0.1, -0.05) is 30.3 Å². The van der Waals surface area contributed by atoms with E-state index in [4.69, 9.17) is 4.74 Å². The minimum absolute atomic E-state index is 0.0967. The minimum Gasteiger partial charge on any atom is -0.490 e. The van der Waals surface area contributed by atoms with Crippen LogP contribution < -0.4 is 15.6 Å². The molecular weight excluding hydrogens is 362 g/mol. The summed E-state index contributed by atoms with van der Waals surface area (Å²) in [5.74, 6) is -0.388. The number of methoxy groups -OCH3 is 1. The molecular formula is C20H17N3O5. The molecule has 8 heteroatoms. The van der Waals surface area contributed by atoms with Crippen LogP contribution in [0.15, 0.2) is 71.7 Å². The Labute approximate surface area is 160 Å². The molecule has 142 valence electrons. The standard InChI is InChI=1S/C20H17N3O5/c1-28-18-9-8-16(11-17(18)23(26)27)21-20(25)15-7-10-19(24)22(13-15)12-14-5-3-2-4-6-14/h2-11,13H,12H2,1H3,(H,21,25). The molecule has 1 aromatic heterocycles. The summed E-state index contributed by atoms with van der Waals surface area (Å²) in [6, 6.07) is 16.2. The summed E-state index contributed by atoms with van der Waals surface area (Å²) >= 11 is 0. The Bertz CT molecular complexity index is 1080. The van der Waals surface area contributed by atoms with E-state index in [1.165, 1.54) is 48.2 Å². The van der Waals surface area contributed by atoms with Crippen LogP contribution in [0.25, 0.3) is 0 Å². The topological polar surface area (TPSA) is 103 Å². The first-order chi connectivity index (χ1) is 13.5. The van der Waals surface area contributed by atoms with E-state index >= 15 is 0 Å². The maximum Gasteiger partial charge on any atom is 0.312 e. The average molecular weight is 379 g/mol. The molecule has 0 saturated heterocycles. The lowest BCUT2D eigenvalue weighted by Crippen LogP contribution is -2.22. The third kappa shape index (κ3) is 4.24. The van der Waals surface area contributed by atoms with Crippen molar-refractivity contribution in [2.45, 2.75) is 6.54 Å². The van der Waals surface area contributed by atoms with Crippen molar-refractivity contribution in [1.82, 2.24) is 4.57 Å². The minimum atomic E-state index is -0.589. The number of pyridine rings is 1. The van der Waals surface area contributed by atoms with Gasteiger partial charge in [0.1, 0.15) is 0 Å². The Morgan fingerprint density at radius 2 is 1.89 bits per heavy atom. The fraction of sp³-hybridized carbons (Fsp3) is 0.100. The summed E-state index contributed by atoms with van der Waals surface area (Å²) in [4.78, 5) is 35.2. The zero-order valence-corrected chi connectivity index (χ0v) is 15.0. The molecule has 28 heavy (non-hydrogen) atoms. The molecule has 0 aliphatic carbocycles. The number of nitro groups is 1. The molecule has 0 radical (unpaired) electrons. The number of ether oxygens (including phenoxy) is 1. The lowest BCUT2D eigenvalue weighted by molar-refractivity contribution is -0.385. The number of hydrogen-bond acceptors (Lipinski definition) is 5. The first-order valence-electron chi connectivity index (χ1n) is 8.36. The number of hydrogen-bond donors (Lipinski definition) is 1. The summed E-state index contributed by atoms with van der Waals surface area (Å²) < 4.78 is 6.38. The van der Waals surface area contributed by atoms with Gasteiger partial charge in [0.2, 0.25) is 0 Å². The molecule has 0 aliphatic rings. The molecule has 0 bridgehead atoms. The maximum absolute atomic E-state index is 12.5. The Balaban J connectivity index is 1.83. The van der Waals surface area contributed by atoms with Crippen molar-refractivity contribution in [3.63, 3.8) is 0 Å². The molecule has 1 N–H and O–H groups in total. The number of nitrogens with one attached hydrogen (secondary N) is 1. The van der Waals surface area contributed by atoms with Crippen LogP contribution in [0.1, 0.15) is 15.9 Å². The molecule has 0 spiro atoms. The number of aromatic nitrogens is 1. The molecule has 8 nitrogen and oxygen atoms in total. The van der Waals surface area contributed by atoms with Gasteiger partial charge in [-0.3, -0.25) is 19.7 Å². The predicted molar refractivity (Wildman–Crippen MR) is 104 cm³/mol. The molecule has 0 fully saturated rings. The number of anilines is 1. The highest BCUT2D eigenvalue weighted by Crippen LogP contribution is 2.29. The molecule has 0 saturated carbocycles. The molecule has 3 rings (SSSR count). The van der Waals surface area contributed by atoms with E-state index in [0.29, 0.717) is 6.54 Å². The lowest BCUT2D eigenvalue weighted by Gasteiger charge is -2.10. The highest BCUT2D eigenvalue weighted by atomic mass is 16.6. The van der Waals surface area contributed by atoms with Gasteiger partial charge in [-0.2, -0.15) is 0 Å². The highest BCUT2D eigenvalue weighted by Gasteiger charge is 2.17. The fourth-order valence-corrected chi connectivity index (χ4v) is 2.68. The van der Waals surface area contributed by atoms with E-state index in [2.05, 4.69) is 5.32 Å². The second-order valence-electron chi connectivity index (χ2n) is 5.97. The van der Waals surface area contributed by atoms with Gasteiger partial charge in [0.15, 0.2) is 5.75 Å². The van der Waals surface area contributed by atoms with Gasteiger partial charge in [0.05, 0.1) is 24.1 Å². The Morgan fingerprint density at radius 1 is 1.14 bits per heavy atom. The zero-order valence-electron chi connectivity index (χ0n) is 15.0. The van der Waals surface area contributed by atoms with Crippen LogP contribution in [0.5, 0.6) is 5.75 Å². The van der Waals surface area contributed by atoms with Gasteiger partial charge in [-0.25, -0.2) is 0 Å². The molecule has 2 aromatic carbocycles. The fourth-order valence-electron chi connectivity index (χ4n) is 2.68. The normalized spacial score (nSPS) is 10.3. The second-order valence-corrected chi connectivity index (χ2v) is 5.97. The summed E-state index contributed by atoms with van der Waals surface area (Å²) in [5, 5.41) is 13.7. The summed E-state index contributed by atoms with van der Waals surface area (Å²) in [7, 11) is 1.33. The number of rotatable bonds is 6. The van der Waals surface area contributed by atoms with Crippen LogP contribution >= 0.6 is 0 Å². The largest absolute Gasteiger partial charge is 0.490 e. The van der Waals surface area contributed by atoms with Crippen molar-refractivity contribution in [3.8, 4) is 5.75 Å². The van der Waals surface area contributed by atoms with Gasteiger partial charge >= 0.3 is 5.69 Å². The first kappa shape index (κ1) is 18.8. The first-order valence-corrected chi connectivity index (χ1v) is 8.36. The van der Waals surface area contributed by atoms with Gasteiger partial charge in [-0.15, -0.1) is 0 Å². The molecule has 3 aromatic rings. The van der Waals surface area contributed by atoms with E-state index in [1.807, 2.05) is 30.3 Å². The number of amides is 1. The van der Waals surface area contributed by atoms with Gasteiger partial charge in [0.25, 0.3) is 11.5 Å². The number of nitro benzene ring substituents is 1. The van der Waals surface area contributed by atoms with Crippen LogP contribution in [0, 0.1) is 10.1 Å². The quantitative estimate of drug-likeness (QED) is 0.524. The van der Waals surface area contributed by atoms with Crippen LogP contribution in [0.2, 0.25) is 0 Å². The Hall–Kier alpha value is -3.94. The third-order valence-corrected chi connectivity index (χ3v) is 4.07. The maximum atomic E-state index is 12.5. The van der Waals surface area contributed by atoms with Crippen molar-refractivity contribution in [2.24, 2.45) is 0 Å². The number of benzene rings is 2. The molecule has 0 aliphatic heterocycles. The zero-order chi connectivity index (χ0) is 20.1. The second kappa shape index (κ2) is 8.17.